The molecule has 3 atom stereocenters. The monoisotopic (exact) mass is 266 g/mol. The summed E-state index contributed by atoms with van der Waals surface area (Å²) in [4.78, 5) is 22.0. The molecule has 1 fully saturated rings. The standard InChI is InChI=1S/C12H20O4.Ca/c1-7(2)6-8-4-3-5-9(11(13)14)10(8)12(15)16;/h7-10H,3-6H2,1-2H3,(H,13,14)(H,15,16);/q;+2/p-2. The van der Waals surface area contributed by atoms with Crippen molar-refractivity contribution in [1.29, 1.82) is 0 Å². The van der Waals surface area contributed by atoms with E-state index in [2.05, 4.69) is 0 Å². The third-order valence-corrected chi connectivity index (χ3v) is 3.38. The van der Waals surface area contributed by atoms with E-state index >= 15 is 0 Å². The Morgan fingerprint density at radius 3 is 2.18 bits per heavy atom. The van der Waals surface area contributed by atoms with Crippen molar-refractivity contribution in [3.8, 4) is 0 Å². The minimum atomic E-state index is -1.25. The van der Waals surface area contributed by atoms with Crippen LogP contribution >= 0.6 is 0 Å². The van der Waals surface area contributed by atoms with E-state index in [4.69, 9.17) is 0 Å². The summed E-state index contributed by atoms with van der Waals surface area (Å²) in [6, 6.07) is 0. The number of carbonyl (C=O) groups excluding carboxylic acids is 2. The fourth-order valence-corrected chi connectivity index (χ4v) is 2.78. The van der Waals surface area contributed by atoms with Crippen molar-refractivity contribution in [2.24, 2.45) is 23.7 Å². The van der Waals surface area contributed by atoms with Crippen LogP contribution in [0.1, 0.15) is 39.5 Å². The molecule has 1 saturated carbocycles. The van der Waals surface area contributed by atoms with Crippen molar-refractivity contribution in [2.45, 2.75) is 39.5 Å². The Hall–Kier alpha value is 0.200. The number of hydrogen-bond donors (Lipinski definition) is 0. The van der Waals surface area contributed by atoms with E-state index in [1.807, 2.05) is 13.8 Å². The average molecular weight is 266 g/mol. The second-order valence-corrected chi connectivity index (χ2v) is 5.09. The zero-order chi connectivity index (χ0) is 12.3. The van der Waals surface area contributed by atoms with Gasteiger partial charge in [-0.25, -0.2) is 0 Å². The molecule has 3 unspecified atom stereocenters. The predicted molar refractivity (Wildman–Crippen MR) is 59.5 cm³/mol. The molecule has 17 heavy (non-hydrogen) atoms. The Kier molecular flexibility index (Phi) is 7.68. The molecule has 0 bridgehead atoms. The first-order chi connectivity index (χ1) is 7.43. The first kappa shape index (κ1) is 17.2. The second kappa shape index (κ2) is 7.59. The molecule has 0 heterocycles. The molecular weight excluding hydrogens is 248 g/mol. The first-order valence-corrected chi connectivity index (χ1v) is 5.85. The molecule has 0 radical (unpaired) electrons. The number of rotatable bonds is 4. The van der Waals surface area contributed by atoms with Crippen molar-refractivity contribution in [3.63, 3.8) is 0 Å². The molecule has 5 heteroatoms. The van der Waals surface area contributed by atoms with Gasteiger partial charge in [0.15, 0.2) is 0 Å². The SMILES string of the molecule is CC(C)CC1CCCC(C(=O)[O-])C1C(=O)[O-].[Ca+2]. The fourth-order valence-electron chi connectivity index (χ4n) is 2.78. The molecule has 0 aromatic carbocycles. The normalized spacial score (nSPS) is 28.5. The third-order valence-electron chi connectivity index (χ3n) is 3.38. The Morgan fingerprint density at radius 1 is 1.18 bits per heavy atom. The average Bonchev–Trinajstić information content (AvgIpc) is 2.15. The smallest absolute Gasteiger partial charge is 0.550 e. The summed E-state index contributed by atoms with van der Waals surface area (Å²) < 4.78 is 0. The van der Waals surface area contributed by atoms with Gasteiger partial charge in [0, 0.05) is 23.8 Å². The summed E-state index contributed by atoms with van der Waals surface area (Å²) >= 11 is 0. The van der Waals surface area contributed by atoms with Crippen LogP contribution in [0.2, 0.25) is 0 Å². The van der Waals surface area contributed by atoms with Crippen LogP contribution in [-0.2, 0) is 9.59 Å². The van der Waals surface area contributed by atoms with Gasteiger partial charge in [-0.1, -0.05) is 20.3 Å². The van der Waals surface area contributed by atoms with Crippen LogP contribution in [0.5, 0.6) is 0 Å². The molecule has 92 valence electrons. The van der Waals surface area contributed by atoms with Crippen LogP contribution in [0.4, 0.5) is 0 Å². The molecule has 0 aromatic heterocycles. The number of carbonyl (C=O) groups is 2. The van der Waals surface area contributed by atoms with Crippen molar-refractivity contribution in [2.75, 3.05) is 0 Å². The van der Waals surface area contributed by atoms with Gasteiger partial charge in [0.25, 0.3) is 0 Å². The molecule has 0 saturated heterocycles. The van der Waals surface area contributed by atoms with Gasteiger partial charge in [-0.15, -0.1) is 0 Å². The van der Waals surface area contributed by atoms with Crippen LogP contribution in [0, 0.1) is 23.7 Å². The maximum Gasteiger partial charge on any atom is 2.00 e. The topological polar surface area (TPSA) is 80.3 Å². The largest absolute Gasteiger partial charge is 2.00 e. The van der Waals surface area contributed by atoms with Crippen molar-refractivity contribution in [3.05, 3.63) is 0 Å². The zero-order valence-electron chi connectivity index (χ0n) is 10.5. The van der Waals surface area contributed by atoms with Gasteiger partial charge >= 0.3 is 37.7 Å². The van der Waals surface area contributed by atoms with E-state index in [9.17, 15) is 19.8 Å². The molecule has 1 rings (SSSR count). The molecular formula is C12H18CaO4. The Balaban J connectivity index is 0.00000256. The van der Waals surface area contributed by atoms with Gasteiger partial charge in [-0.2, -0.15) is 0 Å². The van der Waals surface area contributed by atoms with Crippen molar-refractivity contribution in [1.82, 2.24) is 0 Å². The van der Waals surface area contributed by atoms with E-state index in [-0.39, 0.29) is 43.7 Å². The molecule has 1 aliphatic rings. The van der Waals surface area contributed by atoms with Gasteiger partial charge < -0.3 is 19.8 Å². The Morgan fingerprint density at radius 2 is 1.76 bits per heavy atom. The van der Waals surface area contributed by atoms with Crippen LogP contribution in [0.25, 0.3) is 0 Å². The maximum absolute atomic E-state index is 11.1. The van der Waals surface area contributed by atoms with Crippen LogP contribution < -0.4 is 10.2 Å². The maximum atomic E-state index is 11.1. The second-order valence-electron chi connectivity index (χ2n) is 5.09. The van der Waals surface area contributed by atoms with E-state index in [0.29, 0.717) is 12.3 Å². The van der Waals surface area contributed by atoms with Gasteiger partial charge in [0.05, 0.1) is 0 Å². The number of carboxylic acids is 2. The summed E-state index contributed by atoms with van der Waals surface area (Å²) in [5.74, 6) is -3.94. The molecule has 0 aromatic rings. The fraction of sp³-hybridized carbons (Fsp3) is 0.833. The van der Waals surface area contributed by atoms with E-state index in [0.717, 1.165) is 19.3 Å². The molecule has 0 spiro atoms. The number of aliphatic carboxylic acids is 2. The summed E-state index contributed by atoms with van der Waals surface area (Å²) in [6.07, 6.45) is 2.68. The zero-order valence-corrected chi connectivity index (χ0v) is 12.7. The molecule has 4 nitrogen and oxygen atoms in total. The van der Waals surface area contributed by atoms with E-state index < -0.39 is 23.8 Å². The van der Waals surface area contributed by atoms with Gasteiger partial charge in [0.1, 0.15) is 0 Å². The summed E-state index contributed by atoms with van der Waals surface area (Å²) in [6.45, 7) is 4.02. The van der Waals surface area contributed by atoms with E-state index in [1.165, 1.54) is 0 Å². The van der Waals surface area contributed by atoms with Crippen LogP contribution in [0.3, 0.4) is 0 Å². The minimum Gasteiger partial charge on any atom is -0.550 e. The van der Waals surface area contributed by atoms with Crippen molar-refractivity contribution >= 4 is 49.7 Å². The number of hydrogen-bond acceptors (Lipinski definition) is 4. The van der Waals surface area contributed by atoms with E-state index in [1.54, 1.807) is 0 Å². The Labute approximate surface area is 132 Å². The van der Waals surface area contributed by atoms with Crippen LogP contribution in [-0.4, -0.2) is 49.7 Å². The predicted octanol–water partition coefficient (Wildman–Crippen LogP) is -0.816. The summed E-state index contributed by atoms with van der Waals surface area (Å²) in [5, 5.41) is 22.0. The molecule has 1 aliphatic carbocycles. The minimum absolute atomic E-state index is 0. The first-order valence-electron chi connectivity index (χ1n) is 5.85. The molecule has 0 N–H and O–H groups in total. The molecule has 0 aliphatic heterocycles. The Bertz CT molecular complexity index is 278. The quantitative estimate of drug-likeness (QED) is 0.623. The van der Waals surface area contributed by atoms with Crippen molar-refractivity contribution < 1.29 is 19.8 Å². The summed E-state index contributed by atoms with van der Waals surface area (Å²) in [7, 11) is 0. The third kappa shape index (κ3) is 4.76. The van der Waals surface area contributed by atoms with Gasteiger partial charge in [-0.3, -0.25) is 0 Å². The van der Waals surface area contributed by atoms with Gasteiger partial charge in [0.2, 0.25) is 0 Å². The summed E-state index contributed by atoms with van der Waals surface area (Å²) in [5.41, 5.74) is 0. The number of carboxylic acid groups (broad SMARTS) is 2. The van der Waals surface area contributed by atoms with Crippen LogP contribution in [0.15, 0.2) is 0 Å². The molecule has 0 amide bonds. The van der Waals surface area contributed by atoms with Gasteiger partial charge in [-0.05, 0) is 31.1 Å².